The van der Waals surface area contributed by atoms with Crippen molar-refractivity contribution in [2.45, 2.75) is 57.3 Å². The first kappa shape index (κ1) is 13.1. The number of ether oxygens (including phenoxy) is 1. The van der Waals surface area contributed by atoms with Crippen LogP contribution in [0.5, 0.6) is 0 Å². The third-order valence-electron chi connectivity index (χ3n) is 5.90. The fraction of sp³-hybridized carbons (Fsp3) is 0.800. The van der Waals surface area contributed by atoms with Crippen LogP contribution in [0.25, 0.3) is 0 Å². The Morgan fingerprint density at radius 3 is 2.79 bits per heavy atom. The number of rotatable bonds is 0. The predicted molar refractivity (Wildman–Crippen MR) is 69.2 cm³/mol. The van der Waals surface area contributed by atoms with Crippen molar-refractivity contribution < 1.29 is 19.7 Å². The van der Waals surface area contributed by atoms with Crippen molar-refractivity contribution >= 4 is 5.97 Å². The molecule has 4 heteroatoms. The monoisotopic (exact) mass is 266 g/mol. The molecular weight excluding hydrogens is 244 g/mol. The zero-order valence-corrected chi connectivity index (χ0v) is 11.6. The number of esters is 1. The molecule has 4 nitrogen and oxygen atoms in total. The third-order valence-corrected chi connectivity index (χ3v) is 5.90. The average Bonchev–Trinajstić information content (AvgIpc) is 2.61. The first-order chi connectivity index (χ1) is 8.79. The van der Waals surface area contributed by atoms with Gasteiger partial charge < -0.3 is 14.9 Å². The Hall–Kier alpha value is -0.870. The van der Waals surface area contributed by atoms with Crippen LogP contribution in [0.4, 0.5) is 0 Å². The quantitative estimate of drug-likeness (QED) is 0.514. The first-order valence-electron chi connectivity index (χ1n) is 7.09. The fourth-order valence-electron chi connectivity index (χ4n) is 4.30. The van der Waals surface area contributed by atoms with Crippen LogP contribution < -0.4 is 0 Å². The molecule has 0 spiro atoms. The molecule has 0 unspecified atom stereocenters. The molecule has 3 rings (SSSR count). The highest BCUT2D eigenvalue weighted by Gasteiger charge is 2.63. The molecule has 1 aliphatic heterocycles. The topological polar surface area (TPSA) is 66.8 Å². The van der Waals surface area contributed by atoms with Gasteiger partial charge in [-0.2, -0.15) is 0 Å². The van der Waals surface area contributed by atoms with Gasteiger partial charge in [-0.25, -0.2) is 0 Å². The lowest BCUT2D eigenvalue weighted by molar-refractivity contribution is -0.188. The summed E-state index contributed by atoms with van der Waals surface area (Å²) in [5.41, 5.74) is -0.938. The Bertz CT molecular complexity index is 445. The van der Waals surface area contributed by atoms with Gasteiger partial charge in [0.25, 0.3) is 0 Å². The average molecular weight is 266 g/mol. The number of hydrogen-bond acceptors (Lipinski definition) is 4. The molecule has 1 saturated heterocycles. The number of aliphatic hydroxyl groups is 2. The van der Waals surface area contributed by atoms with Crippen LogP contribution in [-0.2, 0) is 9.53 Å². The highest BCUT2D eigenvalue weighted by Crippen LogP contribution is 2.59. The Labute approximate surface area is 113 Å². The third kappa shape index (κ3) is 1.50. The van der Waals surface area contributed by atoms with Crippen LogP contribution in [0.15, 0.2) is 12.2 Å². The molecule has 2 aliphatic carbocycles. The largest absolute Gasteiger partial charge is 0.462 e. The standard InChI is InChI=1S/C15H22O4/c1-8-4-5-12(16)14(3)7-11-10(6-15(8,14)18)9(2)13(17)19-11/h9-12,16,18H,1,4-7H2,2-3H3/t9-,10+,11+,12+,14-,15+/m0/s1. The van der Waals surface area contributed by atoms with Crippen molar-refractivity contribution in [3.8, 4) is 0 Å². The summed E-state index contributed by atoms with van der Waals surface area (Å²) in [6, 6.07) is 0. The number of hydrogen-bond donors (Lipinski definition) is 2. The predicted octanol–water partition coefficient (Wildman–Crippen LogP) is 1.41. The SMILES string of the molecule is C=C1CC[C@@H](O)[C@]2(C)C[C@H]3OC(=O)[C@@H](C)[C@H]3C[C@@]12O. The first-order valence-corrected chi connectivity index (χ1v) is 7.09. The zero-order chi connectivity index (χ0) is 14.0. The molecule has 2 saturated carbocycles. The summed E-state index contributed by atoms with van der Waals surface area (Å²) in [4.78, 5) is 11.7. The van der Waals surface area contributed by atoms with Gasteiger partial charge in [0.05, 0.1) is 17.6 Å². The molecule has 0 bridgehead atoms. The number of carbonyl (C=O) groups excluding carboxylic acids is 1. The van der Waals surface area contributed by atoms with Crippen LogP contribution in [0.3, 0.4) is 0 Å². The van der Waals surface area contributed by atoms with Crippen molar-refractivity contribution in [3.63, 3.8) is 0 Å². The van der Waals surface area contributed by atoms with Crippen LogP contribution in [0, 0.1) is 17.3 Å². The van der Waals surface area contributed by atoms with Crippen molar-refractivity contribution in [2.75, 3.05) is 0 Å². The van der Waals surface area contributed by atoms with E-state index in [9.17, 15) is 15.0 Å². The Balaban J connectivity index is 2.01. The van der Waals surface area contributed by atoms with Gasteiger partial charge in [0.15, 0.2) is 0 Å². The summed E-state index contributed by atoms with van der Waals surface area (Å²) in [7, 11) is 0. The van der Waals surface area contributed by atoms with Crippen molar-refractivity contribution in [1.82, 2.24) is 0 Å². The minimum absolute atomic E-state index is 0.0348. The maximum absolute atomic E-state index is 11.7. The lowest BCUT2D eigenvalue weighted by Crippen LogP contribution is -2.62. The second-order valence-electron chi connectivity index (χ2n) is 6.77. The minimum atomic E-state index is -1.08. The second-order valence-corrected chi connectivity index (χ2v) is 6.77. The summed E-state index contributed by atoms with van der Waals surface area (Å²) in [6.07, 6.45) is 1.51. The normalized spacial score (nSPS) is 53.5. The van der Waals surface area contributed by atoms with Crippen LogP contribution in [0.2, 0.25) is 0 Å². The number of carbonyl (C=O) groups is 1. The summed E-state index contributed by atoms with van der Waals surface area (Å²) in [5.74, 6) is -0.320. The Morgan fingerprint density at radius 2 is 2.11 bits per heavy atom. The molecule has 106 valence electrons. The molecular formula is C15H22O4. The summed E-state index contributed by atoms with van der Waals surface area (Å²) in [6.45, 7) is 7.78. The van der Waals surface area contributed by atoms with E-state index in [0.717, 1.165) is 5.57 Å². The molecule has 3 fully saturated rings. The summed E-state index contributed by atoms with van der Waals surface area (Å²) >= 11 is 0. The van der Waals surface area contributed by atoms with E-state index in [0.29, 0.717) is 25.7 Å². The van der Waals surface area contributed by atoms with E-state index >= 15 is 0 Å². The van der Waals surface area contributed by atoms with Gasteiger partial charge in [-0.05, 0) is 31.3 Å². The van der Waals surface area contributed by atoms with Gasteiger partial charge in [0.2, 0.25) is 0 Å². The van der Waals surface area contributed by atoms with E-state index in [1.165, 1.54) is 0 Å². The Morgan fingerprint density at radius 1 is 1.42 bits per heavy atom. The van der Waals surface area contributed by atoms with Gasteiger partial charge in [-0.15, -0.1) is 0 Å². The van der Waals surface area contributed by atoms with E-state index in [4.69, 9.17) is 4.74 Å². The molecule has 0 aromatic carbocycles. The van der Waals surface area contributed by atoms with E-state index in [-0.39, 0.29) is 23.9 Å². The molecule has 0 radical (unpaired) electrons. The minimum Gasteiger partial charge on any atom is -0.462 e. The number of aliphatic hydroxyl groups excluding tert-OH is 1. The maximum Gasteiger partial charge on any atom is 0.309 e. The van der Waals surface area contributed by atoms with Gasteiger partial charge in [-0.3, -0.25) is 4.79 Å². The summed E-state index contributed by atoms with van der Waals surface area (Å²) in [5, 5.41) is 21.5. The van der Waals surface area contributed by atoms with Crippen molar-refractivity contribution in [3.05, 3.63) is 12.2 Å². The Kier molecular flexibility index (Phi) is 2.64. The number of fused-ring (bicyclic) bond motifs is 2. The van der Waals surface area contributed by atoms with Gasteiger partial charge in [0.1, 0.15) is 6.10 Å². The van der Waals surface area contributed by atoms with E-state index < -0.39 is 17.1 Å². The van der Waals surface area contributed by atoms with E-state index in [1.807, 2.05) is 13.8 Å². The molecule has 6 atom stereocenters. The second kappa shape index (κ2) is 3.83. The molecule has 0 amide bonds. The van der Waals surface area contributed by atoms with Crippen LogP contribution in [0.1, 0.15) is 39.5 Å². The lowest BCUT2D eigenvalue weighted by Gasteiger charge is -2.57. The van der Waals surface area contributed by atoms with E-state index in [1.54, 1.807) is 0 Å². The van der Waals surface area contributed by atoms with Crippen LogP contribution in [-0.4, -0.2) is 34.0 Å². The molecule has 2 N–H and O–H groups in total. The van der Waals surface area contributed by atoms with Crippen molar-refractivity contribution in [2.24, 2.45) is 17.3 Å². The molecule has 19 heavy (non-hydrogen) atoms. The highest BCUT2D eigenvalue weighted by molar-refractivity contribution is 5.75. The molecule has 0 aromatic rings. The lowest BCUT2D eigenvalue weighted by atomic mass is 9.51. The molecule has 3 aliphatic rings. The van der Waals surface area contributed by atoms with Crippen molar-refractivity contribution in [1.29, 1.82) is 0 Å². The van der Waals surface area contributed by atoms with Crippen LogP contribution >= 0.6 is 0 Å². The smallest absolute Gasteiger partial charge is 0.309 e. The maximum atomic E-state index is 11.7. The van der Waals surface area contributed by atoms with Gasteiger partial charge >= 0.3 is 5.97 Å². The zero-order valence-electron chi connectivity index (χ0n) is 11.6. The highest BCUT2D eigenvalue weighted by atomic mass is 16.6. The van der Waals surface area contributed by atoms with Gasteiger partial charge in [0, 0.05) is 11.3 Å². The van der Waals surface area contributed by atoms with Gasteiger partial charge in [-0.1, -0.05) is 20.4 Å². The van der Waals surface area contributed by atoms with E-state index in [2.05, 4.69) is 6.58 Å². The fourth-order valence-corrected chi connectivity index (χ4v) is 4.30. The summed E-state index contributed by atoms with van der Waals surface area (Å²) < 4.78 is 5.43. The molecule has 0 aromatic heterocycles. The molecule has 1 heterocycles.